The molecule has 0 unspecified atom stereocenters. The summed E-state index contributed by atoms with van der Waals surface area (Å²) in [6.07, 6.45) is 5.91. The lowest BCUT2D eigenvalue weighted by molar-refractivity contribution is -0.123. The molecule has 1 aromatic carbocycles. The van der Waals surface area contributed by atoms with E-state index in [1.165, 1.54) is 6.42 Å². The molecule has 2 rings (SSSR count). The summed E-state index contributed by atoms with van der Waals surface area (Å²) in [5, 5.41) is 3.12. The topological polar surface area (TPSA) is 64.3 Å². The van der Waals surface area contributed by atoms with E-state index in [2.05, 4.69) is 5.32 Å². The first kappa shape index (κ1) is 14.9. The van der Waals surface area contributed by atoms with Crippen molar-refractivity contribution in [2.75, 3.05) is 13.2 Å². The molecule has 0 bridgehead atoms. The fourth-order valence-electron chi connectivity index (χ4n) is 2.75. The van der Waals surface area contributed by atoms with Gasteiger partial charge in [-0.05, 0) is 25.0 Å². The number of carbonyl (C=O) groups is 1. The van der Waals surface area contributed by atoms with Crippen molar-refractivity contribution in [2.45, 2.75) is 44.1 Å². The van der Waals surface area contributed by atoms with E-state index < -0.39 is 0 Å². The Bertz CT molecular complexity index is 414. The summed E-state index contributed by atoms with van der Waals surface area (Å²) >= 11 is 0. The second-order valence-corrected chi connectivity index (χ2v) is 5.50. The third-order valence-corrected chi connectivity index (χ3v) is 3.95. The average Bonchev–Trinajstić information content (AvgIpc) is 2.49. The standard InChI is InChI=1S/C16H24N2O2/c17-13-16(10-5-2-6-11-16)18-15(19)9-12-20-14-7-3-1-4-8-14/h1,3-4,7-8H,2,5-6,9-13,17H2,(H,18,19). The third-order valence-electron chi connectivity index (χ3n) is 3.95. The normalized spacial score (nSPS) is 17.4. The molecule has 0 spiro atoms. The van der Waals surface area contributed by atoms with Crippen LogP contribution in [-0.4, -0.2) is 24.6 Å². The number of benzene rings is 1. The number of rotatable bonds is 6. The number of nitrogens with two attached hydrogens (primary N) is 1. The van der Waals surface area contributed by atoms with Crippen molar-refractivity contribution >= 4 is 5.91 Å². The summed E-state index contributed by atoms with van der Waals surface area (Å²) in [5.74, 6) is 0.833. The van der Waals surface area contributed by atoms with Crippen LogP contribution < -0.4 is 15.8 Å². The minimum absolute atomic E-state index is 0.0354. The van der Waals surface area contributed by atoms with E-state index in [0.29, 0.717) is 19.6 Å². The van der Waals surface area contributed by atoms with Gasteiger partial charge in [-0.3, -0.25) is 4.79 Å². The van der Waals surface area contributed by atoms with Crippen LogP contribution in [0.3, 0.4) is 0 Å². The quantitative estimate of drug-likeness (QED) is 0.837. The third kappa shape index (κ3) is 4.23. The Morgan fingerprint density at radius 3 is 2.55 bits per heavy atom. The van der Waals surface area contributed by atoms with E-state index in [1.807, 2.05) is 30.3 Å². The number of para-hydroxylation sites is 1. The molecule has 0 aliphatic heterocycles. The Morgan fingerprint density at radius 1 is 1.20 bits per heavy atom. The second kappa shape index (κ2) is 7.29. The Hall–Kier alpha value is -1.55. The van der Waals surface area contributed by atoms with E-state index in [-0.39, 0.29) is 11.4 Å². The van der Waals surface area contributed by atoms with E-state index in [0.717, 1.165) is 31.4 Å². The second-order valence-electron chi connectivity index (χ2n) is 5.50. The van der Waals surface area contributed by atoms with Gasteiger partial charge in [-0.1, -0.05) is 37.5 Å². The molecule has 4 nitrogen and oxygen atoms in total. The van der Waals surface area contributed by atoms with Gasteiger partial charge in [-0.15, -0.1) is 0 Å². The number of nitrogens with one attached hydrogen (secondary N) is 1. The van der Waals surface area contributed by atoms with Crippen molar-refractivity contribution in [1.29, 1.82) is 0 Å². The molecule has 3 N–H and O–H groups in total. The number of ether oxygens (including phenoxy) is 1. The van der Waals surface area contributed by atoms with Crippen LogP contribution in [0.4, 0.5) is 0 Å². The molecule has 1 fully saturated rings. The highest BCUT2D eigenvalue weighted by atomic mass is 16.5. The van der Waals surface area contributed by atoms with Gasteiger partial charge in [0.15, 0.2) is 0 Å². The maximum atomic E-state index is 12.0. The van der Waals surface area contributed by atoms with Gasteiger partial charge < -0.3 is 15.8 Å². The highest BCUT2D eigenvalue weighted by Crippen LogP contribution is 2.27. The zero-order valence-electron chi connectivity index (χ0n) is 11.9. The summed E-state index contributed by atoms with van der Waals surface area (Å²) < 4.78 is 5.54. The minimum Gasteiger partial charge on any atom is -0.493 e. The monoisotopic (exact) mass is 276 g/mol. The summed E-state index contributed by atoms with van der Waals surface area (Å²) in [4.78, 5) is 12.0. The van der Waals surface area contributed by atoms with Crippen LogP contribution in [0.25, 0.3) is 0 Å². The Morgan fingerprint density at radius 2 is 1.90 bits per heavy atom. The van der Waals surface area contributed by atoms with E-state index >= 15 is 0 Å². The molecule has 1 aliphatic rings. The van der Waals surface area contributed by atoms with E-state index in [9.17, 15) is 4.79 Å². The fourth-order valence-corrected chi connectivity index (χ4v) is 2.75. The molecule has 0 saturated heterocycles. The Labute approximate surface area is 120 Å². The lowest BCUT2D eigenvalue weighted by Crippen LogP contribution is -2.54. The minimum atomic E-state index is -0.178. The van der Waals surface area contributed by atoms with Gasteiger partial charge in [-0.25, -0.2) is 0 Å². The van der Waals surface area contributed by atoms with Crippen LogP contribution in [-0.2, 0) is 4.79 Å². The Kier molecular flexibility index (Phi) is 5.41. The van der Waals surface area contributed by atoms with Gasteiger partial charge in [-0.2, -0.15) is 0 Å². The van der Waals surface area contributed by atoms with Crippen LogP contribution in [0.5, 0.6) is 5.75 Å². The molecule has 1 amide bonds. The van der Waals surface area contributed by atoms with Gasteiger partial charge in [0, 0.05) is 6.54 Å². The first-order valence-electron chi connectivity index (χ1n) is 7.43. The van der Waals surface area contributed by atoms with Gasteiger partial charge in [0.05, 0.1) is 18.6 Å². The molecule has 4 heteroatoms. The molecule has 0 heterocycles. The van der Waals surface area contributed by atoms with Gasteiger partial charge >= 0.3 is 0 Å². The lowest BCUT2D eigenvalue weighted by Gasteiger charge is -2.37. The highest BCUT2D eigenvalue weighted by molar-refractivity contribution is 5.77. The van der Waals surface area contributed by atoms with Crippen LogP contribution in [0, 0.1) is 0 Å². The van der Waals surface area contributed by atoms with Crippen molar-refractivity contribution in [3.63, 3.8) is 0 Å². The fraction of sp³-hybridized carbons (Fsp3) is 0.562. The van der Waals surface area contributed by atoms with Crippen molar-refractivity contribution in [3.8, 4) is 5.75 Å². The maximum absolute atomic E-state index is 12.0. The van der Waals surface area contributed by atoms with Gasteiger partial charge in [0.25, 0.3) is 0 Å². The lowest BCUT2D eigenvalue weighted by atomic mass is 9.81. The average molecular weight is 276 g/mol. The first-order valence-corrected chi connectivity index (χ1v) is 7.43. The molecule has 1 saturated carbocycles. The molecule has 110 valence electrons. The van der Waals surface area contributed by atoms with Gasteiger partial charge in [0.1, 0.15) is 5.75 Å². The molecular weight excluding hydrogens is 252 g/mol. The van der Waals surface area contributed by atoms with Crippen LogP contribution in [0.1, 0.15) is 38.5 Å². The van der Waals surface area contributed by atoms with Crippen LogP contribution in [0.15, 0.2) is 30.3 Å². The highest BCUT2D eigenvalue weighted by Gasteiger charge is 2.31. The molecule has 20 heavy (non-hydrogen) atoms. The number of carbonyl (C=O) groups excluding carboxylic acids is 1. The molecule has 0 atom stereocenters. The van der Waals surface area contributed by atoms with E-state index in [1.54, 1.807) is 0 Å². The summed E-state index contributed by atoms with van der Waals surface area (Å²) in [7, 11) is 0. The molecular formula is C16H24N2O2. The summed E-state index contributed by atoms with van der Waals surface area (Å²) in [5.41, 5.74) is 5.68. The molecule has 0 aromatic heterocycles. The predicted octanol–water partition coefficient (Wildman–Crippen LogP) is 2.23. The maximum Gasteiger partial charge on any atom is 0.223 e. The molecule has 1 aromatic rings. The molecule has 1 aliphatic carbocycles. The molecule has 0 radical (unpaired) electrons. The Balaban J connectivity index is 1.74. The zero-order valence-corrected chi connectivity index (χ0v) is 11.9. The zero-order chi connectivity index (χ0) is 14.3. The number of hydrogen-bond acceptors (Lipinski definition) is 3. The number of amides is 1. The summed E-state index contributed by atoms with van der Waals surface area (Å²) in [6, 6.07) is 9.55. The largest absolute Gasteiger partial charge is 0.493 e. The number of hydrogen-bond donors (Lipinski definition) is 2. The SMILES string of the molecule is NCC1(NC(=O)CCOc2ccccc2)CCCCC1. The van der Waals surface area contributed by atoms with Crippen LogP contribution >= 0.6 is 0 Å². The van der Waals surface area contributed by atoms with E-state index in [4.69, 9.17) is 10.5 Å². The summed E-state index contributed by atoms with van der Waals surface area (Å²) in [6.45, 7) is 0.925. The predicted molar refractivity (Wildman–Crippen MR) is 79.6 cm³/mol. The van der Waals surface area contributed by atoms with Gasteiger partial charge in [0.2, 0.25) is 5.91 Å². The van der Waals surface area contributed by atoms with Crippen molar-refractivity contribution in [3.05, 3.63) is 30.3 Å². The van der Waals surface area contributed by atoms with Crippen molar-refractivity contribution < 1.29 is 9.53 Å². The van der Waals surface area contributed by atoms with Crippen LogP contribution in [0.2, 0.25) is 0 Å². The van der Waals surface area contributed by atoms with Crippen molar-refractivity contribution in [2.24, 2.45) is 5.73 Å². The first-order chi connectivity index (χ1) is 9.74. The smallest absolute Gasteiger partial charge is 0.223 e. The van der Waals surface area contributed by atoms with Crippen molar-refractivity contribution in [1.82, 2.24) is 5.32 Å².